The first-order valence-electron chi connectivity index (χ1n) is 9.61. The molecule has 1 aliphatic rings. The molecule has 0 aromatic heterocycles. The van der Waals surface area contributed by atoms with Crippen LogP contribution in [0.3, 0.4) is 0 Å². The maximum atomic E-state index is 10.5. The molecule has 3 nitrogen and oxygen atoms in total. The van der Waals surface area contributed by atoms with Crippen molar-refractivity contribution in [2.24, 2.45) is 0 Å². The van der Waals surface area contributed by atoms with Gasteiger partial charge in [-0.05, 0) is 30.7 Å². The molecule has 1 fully saturated rings. The van der Waals surface area contributed by atoms with Gasteiger partial charge in [-0.2, -0.15) is 0 Å². The lowest BCUT2D eigenvalue weighted by atomic mass is 9.95. The molecule has 1 heterocycles. The van der Waals surface area contributed by atoms with Gasteiger partial charge in [0, 0.05) is 37.4 Å². The first kappa shape index (κ1) is 17.6. The largest absolute Gasteiger partial charge is 0.508 e. The molecule has 3 aromatic rings. The molecule has 0 spiro atoms. The van der Waals surface area contributed by atoms with Crippen LogP contribution in [0.1, 0.15) is 22.7 Å². The normalized spacial score (nSPS) is 16.3. The zero-order chi connectivity index (χ0) is 18.6. The second-order valence-electron chi connectivity index (χ2n) is 7.23. The standard InChI is InChI=1S/C24H26N2O/c1-19-11-13-20(14-12-19)24(22-9-5-6-10-23(22)27)26-17-15-25(16-18-26)21-7-3-2-4-8-21/h2-14,24,27H,15-18H2,1H3. The fourth-order valence-corrected chi connectivity index (χ4v) is 3.93. The molecule has 27 heavy (non-hydrogen) atoms. The van der Waals surface area contributed by atoms with Crippen molar-refractivity contribution in [2.75, 3.05) is 31.1 Å². The Morgan fingerprint density at radius 1 is 0.741 bits per heavy atom. The number of benzene rings is 3. The van der Waals surface area contributed by atoms with Crippen LogP contribution < -0.4 is 4.90 Å². The van der Waals surface area contributed by atoms with E-state index in [2.05, 4.69) is 71.3 Å². The summed E-state index contributed by atoms with van der Waals surface area (Å²) in [5.74, 6) is 0.369. The van der Waals surface area contributed by atoms with Crippen LogP contribution in [0.25, 0.3) is 0 Å². The van der Waals surface area contributed by atoms with Crippen molar-refractivity contribution >= 4 is 5.69 Å². The molecule has 0 amide bonds. The third kappa shape index (κ3) is 3.83. The molecule has 1 aliphatic heterocycles. The third-order valence-electron chi connectivity index (χ3n) is 5.43. The summed E-state index contributed by atoms with van der Waals surface area (Å²) in [5, 5.41) is 10.5. The summed E-state index contributed by atoms with van der Waals surface area (Å²) in [6.07, 6.45) is 0. The minimum atomic E-state index is 0.0738. The van der Waals surface area contributed by atoms with Gasteiger partial charge in [0.2, 0.25) is 0 Å². The van der Waals surface area contributed by atoms with Crippen molar-refractivity contribution in [3.8, 4) is 5.75 Å². The van der Waals surface area contributed by atoms with Crippen LogP contribution in [0.4, 0.5) is 5.69 Å². The topological polar surface area (TPSA) is 26.7 Å². The van der Waals surface area contributed by atoms with Gasteiger partial charge in [-0.15, -0.1) is 0 Å². The molecule has 1 saturated heterocycles. The average Bonchev–Trinajstić information content (AvgIpc) is 2.72. The fourth-order valence-electron chi connectivity index (χ4n) is 3.93. The molecular weight excluding hydrogens is 332 g/mol. The van der Waals surface area contributed by atoms with Crippen molar-refractivity contribution in [1.29, 1.82) is 0 Å². The molecule has 1 N–H and O–H groups in total. The molecule has 138 valence electrons. The first-order chi connectivity index (χ1) is 13.2. The number of nitrogens with zero attached hydrogens (tertiary/aromatic N) is 2. The summed E-state index contributed by atoms with van der Waals surface area (Å²) < 4.78 is 0. The van der Waals surface area contributed by atoms with Gasteiger partial charge < -0.3 is 10.0 Å². The number of hydrogen-bond acceptors (Lipinski definition) is 3. The second-order valence-corrected chi connectivity index (χ2v) is 7.23. The molecule has 3 heteroatoms. The van der Waals surface area contributed by atoms with E-state index in [1.165, 1.54) is 16.8 Å². The molecule has 1 atom stereocenters. The molecule has 4 rings (SSSR count). The molecule has 0 saturated carbocycles. The zero-order valence-corrected chi connectivity index (χ0v) is 15.8. The molecule has 0 aliphatic carbocycles. The predicted octanol–water partition coefficient (Wildman–Crippen LogP) is 4.61. The van der Waals surface area contributed by atoms with Gasteiger partial charge in [-0.25, -0.2) is 0 Å². The summed E-state index contributed by atoms with van der Waals surface area (Å²) in [7, 11) is 0. The Kier molecular flexibility index (Phi) is 5.12. The lowest BCUT2D eigenvalue weighted by Crippen LogP contribution is -2.48. The van der Waals surface area contributed by atoms with Crippen molar-refractivity contribution in [2.45, 2.75) is 13.0 Å². The smallest absolute Gasteiger partial charge is 0.120 e. The van der Waals surface area contributed by atoms with Crippen LogP contribution in [0.2, 0.25) is 0 Å². The monoisotopic (exact) mass is 358 g/mol. The maximum Gasteiger partial charge on any atom is 0.120 e. The van der Waals surface area contributed by atoms with E-state index < -0.39 is 0 Å². The number of para-hydroxylation sites is 2. The Balaban J connectivity index is 1.60. The number of aryl methyl sites for hydroxylation is 1. The highest BCUT2D eigenvalue weighted by Crippen LogP contribution is 2.35. The Hall–Kier alpha value is -2.78. The minimum absolute atomic E-state index is 0.0738. The number of aromatic hydroxyl groups is 1. The number of rotatable bonds is 4. The van der Waals surface area contributed by atoms with Gasteiger partial charge in [0.1, 0.15) is 5.75 Å². The summed E-state index contributed by atoms with van der Waals surface area (Å²) in [6, 6.07) is 27.1. The van der Waals surface area contributed by atoms with Gasteiger partial charge in [0.15, 0.2) is 0 Å². The summed E-state index contributed by atoms with van der Waals surface area (Å²) in [4.78, 5) is 4.92. The summed E-state index contributed by atoms with van der Waals surface area (Å²) >= 11 is 0. The van der Waals surface area contributed by atoms with E-state index in [1.54, 1.807) is 6.07 Å². The Morgan fingerprint density at radius 3 is 2.04 bits per heavy atom. The molecule has 0 radical (unpaired) electrons. The van der Waals surface area contributed by atoms with Crippen LogP contribution in [0, 0.1) is 6.92 Å². The van der Waals surface area contributed by atoms with E-state index in [-0.39, 0.29) is 6.04 Å². The lowest BCUT2D eigenvalue weighted by Gasteiger charge is -2.40. The molecule has 3 aromatic carbocycles. The molecule has 0 bridgehead atoms. The van der Waals surface area contributed by atoms with Crippen molar-refractivity contribution < 1.29 is 5.11 Å². The van der Waals surface area contributed by atoms with E-state index in [0.717, 1.165) is 31.7 Å². The highest BCUT2D eigenvalue weighted by molar-refractivity contribution is 5.47. The lowest BCUT2D eigenvalue weighted by molar-refractivity contribution is 0.209. The third-order valence-corrected chi connectivity index (χ3v) is 5.43. The second kappa shape index (κ2) is 7.85. The number of phenolic OH excluding ortho intramolecular Hbond substituents is 1. The van der Waals surface area contributed by atoms with Crippen molar-refractivity contribution in [3.63, 3.8) is 0 Å². The Labute approximate surface area is 161 Å². The van der Waals surface area contributed by atoms with Crippen LogP contribution in [0.5, 0.6) is 5.75 Å². The van der Waals surface area contributed by atoms with E-state index in [4.69, 9.17) is 0 Å². The summed E-state index contributed by atoms with van der Waals surface area (Å²) in [5.41, 5.74) is 4.75. The molecule has 1 unspecified atom stereocenters. The van der Waals surface area contributed by atoms with Gasteiger partial charge in [0.25, 0.3) is 0 Å². The number of anilines is 1. The minimum Gasteiger partial charge on any atom is -0.508 e. The van der Waals surface area contributed by atoms with Crippen molar-refractivity contribution in [3.05, 3.63) is 95.6 Å². The number of hydrogen-bond donors (Lipinski definition) is 1. The van der Waals surface area contributed by atoms with Crippen LogP contribution >= 0.6 is 0 Å². The van der Waals surface area contributed by atoms with E-state index in [9.17, 15) is 5.11 Å². The van der Waals surface area contributed by atoms with Crippen LogP contribution in [0.15, 0.2) is 78.9 Å². The van der Waals surface area contributed by atoms with E-state index >= 15 is 0 Å². The van der Waals surface area contributed by atoms with Gasteiger partial charge >= 0.3 is 0 Å². The maximum absolute atomic E-state index is 10.5. The van der Waals surface area contributed by atoms with E-state index in [0.29, 0.717) is 5.75 Å². The van der Waals surface area contributed by atoms with Gasteiger partial charge in [-0.3, -0.25) is 4.90 Å². The summed E-state index contributed by atoms with van der Waals surface area (Å²) in [6.45, 7) is 6.00. The number of phenols is 1. The highest BCUT2D eigenvalue weighted by Gasteiger charge is 2.28. The van der Waals surface area contributed by atoms with Gasteiger partial charge in [0.05, 0.1) is 6.04 Å². The number of piperazine rings is 1. The van der Waals surface area contributed by atoms with E-state index in [1.807, 2.05) is 18.2 Å². The van der Waals surface area contributed by atoms with Crippen LogP contribution in [-0.4, -0.2) is 36.2 Å². The van der Waals surface area contributed by atoms with Gasteiger partial charge in [-0.1, -0.05) is 66.2 Å². The quantitative estimate of drug-likeness (QED) is 0.738. The molecular formula is C24H26N2O. The Bertz CT molecular complexity index is 868. The zero-order valence-electron chi connectivity index (χ0n) is 15.8. The Morgan fingerprint density at radius 2 is 1.37 bits per heavy atom. The predicted molar refractivity (Wildman–Crippen MR) is 111 cm³/mol. The average molecular weight is 358 g/mol. The highest BCUT2D eigenvalue weighted by atomic mass is 16.3. The SMILES string of the molecule is Cc1ccc(C(c2ccccc2O)N2CCN(c3ccccc3)CC2)cc1. The van der Waals surface area contributed by atoms with Crippen LogP contribution in [-0.2, 0) is 0 Å². The first-order valence-corrected chi connectivity index (χ1v) is 9.61. The fraction of sp³-hybridized carbons (Fsp3) is 0.250. The van der Waals surface area contributed by atoms with Crippen molar-refractivity contribution in [1.82, 2.24) is 4.90 Å².